The van der Waals surface area contributed by atoms with Crippen LogP contribution in [0.4, 0.5) is 0 Å². The molecule has 2 amide bonds. The topological polar surface area (TPSA) is 58.6 Å². The van der Waals surface area contributed by atoms with E-state index < -0.39 is 0 Å². The molecule has 166 valence electrons. The summed E-state index contributed by atoms with van der Waals surface area (Å²) in [5.41, 5.74) is 3.91. The summed E-state index contributed by atoms with van der Waals surface area (Å²) in [5.74, 6) is 0.719. The Morgan fingerprint density at radius 3 is 2.39 bits per heavy atom. The van der Waals surface area contributed by atoms with Gasteiger partial charge in [0, 0.05) is 24.7 Å². The number of carbonyl (C=O) groups is 2. The van der Waals surface area contributed by atoms with E-state index >= 15 is 0 Å². The molecule has 1 aliphatic rings. The van der Waals surface area contributed by atoms with Gasteiger partial charge in [0.05, 0.1) is 0 Å². The third-order valence-electron chi connectivity index (χ3n) is 5.87. The maximum Gasteiger partial charge on any atom is 0.260 e. The lowest BCUT2D eigenvalue weighted by Gasteiger charge is -2.32. The second-order valence-electron chi connectivity index (χ2n) is 9.48. The van der Waals surface area contributed by atoms with Gasteiger partial charge >= 0.3 is 0 Å². The molecule has 5 nitrogen and oxygen atoms in total. The molecule has 1 aliphatic heterocycles. The molecule has 1 N–H and O–H groups in total. The molecular formula is C26H34N2O3. The van der Waals surface area contributed by atoms with Crippen LogP contribution >= 0.6 is 0 Å². The molecule has 0 spiro atoms. The molecule has 1 heterocycles. The molecule has 1 fully saturated rings. The van der Waals surface area contributed by atoms with E-state index in [4.69, 9.17) is 4.74 Å². The summed E-state index contributed by atoms with van der Waals surface area (Å²) in [6.07, 6.45) is 1.50. The Kier molecular flexibility index (Phi) is 7.04. The van der Waals surface area contributed by atoms with E-state index in [2.05, 4.69) is 39.1 Å². The predicted molar refractivity (Wildman–Crippen MR) is 124 cm³/mol. The number of hydrogen-bond donors (Lipinski definition) is 1. The maximum absolute atomic E-state index is 12.7. The van der Waals surface area contributed by atoms with Crippen LogP contribution in [0, 0.1) is 13.8 Å². The monoisotopic (exact) mass is 422 g/mol. The zero-order valence-electron chi connectivity index (χ0n) is 19.3. The zero-order chi connectivity index (χ0) is 22.6. The first-order valence-corrected chi connectivity index (χ1v) is 11.0. The minimum absolute atomic E-state index is 0.0101. The van der Waals surface area contributed by atoms with E-state index in [1.807, 2.05) is 48.2 Å². The summed E-state index contributed by atoms with van der Waals surface area (Å²) in [4.78, 5) is 27.1. The van der Waals surface area contributed by atoms with Crippen molar-refractivity contribution >= 4 is 11.8 Å². The summed E-state index contributed by atoms with van der Waals surface area (Å²) in [5, 5.41) is 3.11. The molecule has 0 radical (unpaired) electrons. The van der Waals surface area contributed by atoms with Crippen LogP contribution in [-0.2, 0) is 10.2 Å². The number of carbonyl (C=O) groups excluding carboxylic acids is 2. The van der Waals surface area contributed by atoms with Crippen molar-refractivity contribution < 1.29 is 14.3 Å². The number of nitrogens with one attached hydrogen (secondary N) is 1. The summed E-state index contributed by atoms with van der Waals surface area (Å²) in [6.45, 7) is 11.7. The van der Waals surface area contributed by atoms with Crippen molar-refractivity contribution in [1.82, 2.24) is 10.2 Å². The lowest BCUT2D eigenvalue weighted by atomic mass is 9.85. The number of piperidine rings is 1. The fourth-order valence-electron chi connectivity index (χ4n) is 3.95. The van der Waals surface area contributed by atoms with Crippen LogP contribution in [0.2, 0.25) is 0 Å². The summed E-state index contributed by atoms with van der Waals surface area (Å²) in [6, 6.07) is 13.8. The molecule has 0 unspecified atom stereocenters. The standard InChI is InChI=1S/C26H34N2O3/c1-18-10-11-23(22(16-18)26(3,4)5)31-17-24(29)28-14-12-20(13-15-28)27-25(30)21-9-7-6-8-19(21)2/h6-11,16,20H,12-15,17H2,1-5H3,(H,27,30). The fourth-order valence-corrected chi connectivity index (χ4v) is 3.95. The maximum atomic E-state index is 12.7. The highest BCUT2D eigenvalue weighted by molar-refractivity contribution is 5.95. The Balaban J connectivity index is 1.51. The van der Waals surface area contributed by atoms with Crippen molar-refractivity contribution in [2.45, 2.75) is 58.9 Å². The number of nitrogens with zero attached hydrogens (tertiary/aromatic N) is 1. The first-order valence-electron chi connectivity index (χ1n) is 11.0. The Labute approximate surface area is 185 Å². The lowest BCUT2D eigenvalue weighted by molar-refractivity contribution is -0.134. The van der Waals surface area contributed by atoms with Crippen LogP contribution in [0.25, 0.3) is 0 Å². The number of likely N-dealkylation sites (tertiary alicyclic amines) is 1. The fraction of sp³-hybridized carbons (Fsp3) is 0.462. The van der Waals surface area contributed by atoms with Crippen molar-refractivity contribution in [2.24, 2.45) is 0 Å². The van der Waals surface area contributed by atoms with E-state index in [1.165, 1.54) is 5.56 Å². The van der Waals surface area contributed by atoms with Crippen molar-refractivity contribution in [3.05, 3.63) is 64.7 Å². The van der Waals surface area contributed by atoms with Crippen LogP contribution in [0.15, 0.2) is 42.5 Å². The average molecular weight is 423 g/mol. The predicted octanol–water partition coefficient (Wildman–Crippen LogP) is 4.40. The third-order valence-corrected chi connectivity index (χ3v) is 5.87. The molecule has 1 saturated heterocycles. The lowest BCUT2D eigenvalue weighted by Crippen LogP contribution is -2.47. The smallest absolute Gasteiger partial charge is 0.260 e. The van der Waals surface area contributed by atoms with Crippen molar-refractivity contribution in [3.8, 4) is 5.75 Å². The summed E-state index contributed by atoms with van der Waals surface area (Å²) >= 11 is 0. The van der Waals surface area contributed by atoms with Gasteiger partial charge in [0.1, 0.15) is 5.75 Å². The van der Waals surface area contributed by atoms with Gasteiger partial charge in [-0.25, -0.2) is 0 Å². The normalized spacial score (nSPS) is 14.9. The SMILES string of the molecule is Cc1ccc(OCC(=O)N2CCC(NC(=O)c3ccccc3C)CC2)c(C(C)(C)C)c1. The first-order chi connectivity index (χ1) is 14.6. The van der Waals surface area contributed by atoms with Gasteiger partial charge in [0.25, 0.3) is 11.8 Å². The van der Waals surface area contributed by atoms with Gasteiger partial charge in [-0.3, -0.25) is 9.59 Å². The molecule has 2 aromatic rings. The Bertz CT molecular complexity index is 938. The second kappa shape index (κ2) is 9.54. The quantitative estimate of drug-likeness (QED) is 0.777. The molecule has 5 heteroatoms. The zero-order valence-corrected chi connectivity index (χ0v) is 19.3. The number of ether oxygens (including phenoxy) is 1. The van der Waals surface area contributed by atoms with Gasteiger partial charge in [0.15, 0.2) is 6.61 Å². The molecule has 31 heavy (non-hydrogen) atoms. The van der Waals surface area contributed by atoms with Crippen molar-refractivity contribution in [3.63, 3.8) is 0 Å². The molecule has 3 rings (SSSR count). The molecule has 0 aromatic heterocycles. The minimum atomic E-state index is -0.0575. The molecule has 0 bridgehead atoms. The second-order valence-corrected chi connectivity index (χ2v) is 9.48. The largest absolute Gasteiger partial charge is 0.483 e. The van der Waals surface area contributed by atoms with E-state index in [1.54, 1.807) is 0 Å². The van der Waals surface area contributed by atoms with Gasteiger partial charge < -0.3 is 15.0 Å². The van der Waals surface area contributed by atoms with Gasteiger partial charge in [-0.05, 0) is 55.4 Å². The van der Waals surface area contributed by atoms with Crippen LogP contribution in [-0.4, -0.2) is 42.5 Å². The third kappa shape index (κ3) is 5.87. The summed E-state index contributed by atoms with van der Waals surface area (Å²) in [7, 11) is 0. The summed E-state index contributed by atoms with van der Waals surface area (Å²) < 4.78 is 5.94. The Morgan fingerprint density at radius 1 is 1.06 bits per heavy atom. The molecule has 0 saturated carbocycles. The van der Waals surface area contributed by atoms with Crippen LogP contribution in [0.3, 0.4) is 0 Å². The van der Waals surface area contributed by atoms with Crippen molar-refractivity contribution in [1.29, 1.82) is 0 Å². The number of aryl methyl sites for hydroxylation is 2. The van der Waals surface area contributed by atoms with Gasteiger partial charge in [-0.1, -0.05) is 56.7 Å². The van der Waals surface area contributed by atoms with E-state index in [-0.39, 0.29) is 29.9 Å². The van der Waals surface area contributed by atoms with Gasteiger partial charge in [-0.15, -0.1) is 0 Å². The minimum Gasteiger partial charge on any atom is -0.483 e. The molecule has 0 atom stereocenters. The molecule has 2 aromatic carbocycles. The van der Waals surface area contributed by atoms with Crippen LogP contribution in [0.5, 0.6) is 5.75 Å². The van der Waals surface area contributed by atoms with Gasteiger partial charge in [-0.2, -0.15) is 0 Å². The number of hydrogen-bond acceptors (Lipinski definition) is 3. The molecule has 0 aliphatic carbocycles. The number of rotatable bonds is 5. The first kappa shape index (κ1) is 22.9. The van der Waals surface area contributed by atoms with Crippen molar-refractivity contribution in [2.75, 3.05) is 19.7 Å². The Morgan fingerprint density at radius 2 is 1.74 bits per heavy atom. The highest BCUT2D eigenvalue weighted by atomic mass is 16.5. The van der Waals surface area contributed by atoms with Crippen LogP contribution in [0.1, 0.15) is 60.7 Å². The van der Waals surface area contributed by atoms with E-state index in [0.29, 0.717) is 18.7 Å². The Hall–Kier alpha value is -2.82. The molecular weight excluding hydrogens is 388 g/mol. The highest BCUT2D eigenvalue weighted by Crippen LogP contribution is 2.32. The average Bonchev–Trinajstić information content (AvgIpc) is 2.72. The van der Waals surface area contributed by atoms with Gasteiger partial charge in [0.2, 0.25) is 0 Å². The van der Waals surface area contributed by atoms with Crippen LogP contribution < -0.4 is 10.1 Å². The number of benzene rings is 2. The van der Waals surface area contributed by atoms with E-state index in [9.17, 15) is 9.59 Å². The van der Waals surface area contributed by atoms with E-state index in [0.717, 1.165) is 29.7 Å². The number of amides is 2. The highest BCUT2D eigenvalue weighted by Gasteiger charge is 2.25.